The van der Waals surface area contributed by atoms with E-state index in [1.54, 1.807) is 62.6 Å². The fraction of sp³-hybridized carbons (Fsp3) is 0.208. The van der Waals surface area contributed by atoms with Gasteiger partial charge in [-0.2, -0.15) is 0 Å². The molecule has 2 aromatic carbocycles. The second-order valence-corrected chi connectivity index (χ2v) is 8.29. The number of halogens is 2. The first-order valence-electron chi connectivity index (χ1n) is 9.99. The normalized spacial score (nSPS) is 12.2. The van der Waals surface area contributed by atoms with Crippen molar-refractivity contribution in [2.75, 3.05) is 11.9 Å². The number of carbonyl (C=O) groups excluding carboxylic acids is 2. The zero-order valence-electron chi connectivity index (χ0n) is 17.7. The number of aromatic nitrogens is 1. The van der Waals surface area contributed by atoms with Crippen molar-refractivity contribution in [3.63, 3.8) is 0 Å². The van der Waals surface area contributed by atoms with Gasteiger partial charge in [0.05, 0.1) is 10.4 Å². The molecule has 4 N–H and O–H groups in total. The van der Waals surface area contributed by atoms with E-state index in [1.807, 2.05) is 0 Å². The third-order valence-corrected chi connectivity index (χ3v) is 5.52. The van der Waals surface area contributed by atoms with Crippen LogP contribution in [0.25, 0.3) is 0 Å². The van der Waals surface area contributed by atoms with Gasteiger partial charge in [-0.1, -0.05) is 29.8 Å². The third-order valence-electron chi connectivity index (χ3n) is 5.23. The molecule has 1 atom stereocenters. The Morgan fingerprint density at radius 1 is 1.09 bits per heavy atom. The van der Waals surface area contributed by atoms with Gasteiger partial charge in [0, 0.05) is 36.2 Å². The van der Waals surface area contributed by atoms with Gasteiger partial charge < -0.3 is 16.4 Å². The van der Waals surface area contributed by atoms with Crippen LogP contribution in [0, 0.1) is 5.82 Å². The summed E-state index contributed by atoms with van der Waals surface area (Å²) < 4.78 is 13.4. The lowest BCUT2D eigenvalue weighted by atomic mass is 9.83. The summed E-state index contributed by atoms with van der Waals surface area (Å²) in [6, 6.07) is 14.0. The van der Waals surface area contributed by atoms with E-state index in [1.165, 1.54) is 18.2 Å². The van der Waals surface area contributed by atoms with Crippen molar-refractivity contribution in [3.05, 3.63) is 94.5 Å². The molecule has 6 nitrogen and oxygen atoms in total. The molecule has 2 amide bonds. The highest BCUT2D eigenvalue weighted by atomic mass is 35.5. The van der Waals surface area contributed by atoms with Crippen LogP contribution < -0.4 is 16.4 Å². The maximum Gasteiger partial charge on any atom is 0.255 e. The number of hydrogen-bond acceptors (Lipinski definition) is 4. The molecule has 3 rings (SSSR count). The van der Waals surface area contributed by atoms with Crippen LogP contribution in [-0.2, 0) is 10.2 Å². The fourth-order valence-electron chi connectivity index (χ4n) is 3.08. The number of nitrogens with two attached hydrogens (primary N) is 1. The first kappa shape index (κ1) is 23.4. The molecule has 8 heteroatoms. The number of hydrogen-bond donors (Lipinski definition) is 3. The molecule has 3 aromatic rings. The highest BCUT2D eigenvalue weighted by Gasteiger charge is 2.30. The van der Waals surface area contributed by atoms with Crippen molar-refractivity contribution in [2.45, 2.75) is 25.3 Å². The van der Waals surface area contributed by atoms with Crippen LogP contribution in [-0.4, -0.2) is 23.3 Å². The molecule has 0 aliphatic heterocycles. The highest BCUT2D eigenvalue weighted by Crippen LogP contribution is 2.27. The average Bonchev–Trinajstić information content (AvgIpc) is 2.79. The molecule has 0 spiro atoms. The predicted molar refractivity (Wildman–Crippen MR) is 123 cm³/mol. The minimum atomic E-state index is -0.925. The number of benzene rings is 2. The van der Waals surface area contributed by atoms with Crippen LogP contribution >= 0.6 is 11.6 Å². The Morgan fingerprint density at radius 3 is 2.38 bits per heavy atom. The smallest absolute Gasteiger partial charge is 0.255 e. The summed E-state index contributed by atoms with van der Waals surface area (Å²) in [7, 11) is 0. The molecule has 0 aliphatic carbocycles. The summed E-state index contributed by atoms with van der Waals surface area (Å²) in [6.07, 6.45) is 3.19. The molecule has 0 fully saturated rings. The Hall–Kier alpha value is -3.29. The van der Waals surface area contributed by atoms with Crippen LogP contribution in [0.3, 0.4) is 0 Å². The van der Waals surface area contributed by atoms with Crippen molar-refractivity contribution < 1.29 is 14.0 Å². The van der Waals surface area contributed by atoms with Gasteiger partial charge in [0.25, 0.3) is 5.91 Å². The zero-order valence-corrected chi connectivity index (χ0v) is 18.5. The number of amides is 2. The van der Waals surface area contributed by atoms with Gasteiger partial charge in [-0.25, -0.2) is 4.39 Å². The summed E-state index contributed by atoms with van der Waals surface area (Å²) in [5.41, 5.74) is 7.80. The van der Waals surface area contributed by atoms with E-state index in [4.69, 9.17) is 17.3 Å². The molecule has 1 aromatic heterocycles. The molecule has 32 heavy (non-hydrogen) atoms. The second kappa shape index (κ2) is 9.89. The lowest BCUT2D eigenvalue weighted by Crippen LogP contribution is -2.42. The number of pyridine rings is 1. The molecule has 0 aliphatic rings. The Balaban J connectivity index is 1.59. The topological polar surface area (TPSA) is 97.1 Å². The third kappa shape index (κ3) is 5.49. The Bertz CT molecular complexity index is 1100. The van der Waals surface area contributed by atoms with Gasteiger partial charge in [-0.15, -0.1) is 0 Å². The van der Waals surface area contributed by atoms with Gasteiger partial charge in [-0.3, -0.25) is 14.6 Å². The SMILES string of the molecule is CC(C)(C(=O)NCC(N)c1ccc(C(=O)Nc2ccncc2)cc1)c1ccc(F)c(Cl)c1. The minimum absolute atomic E-state index is 0.0341. The summed E-state index contributed by atoms with van der Waals surface area (Å²) in [6.45, 7) is 3.65. The van der Waals surface area contributed by atoms with Crippen LogP contribution in [0.1, 0.15) is 41.4 Å². The fourth-order valence-corrected chi connectivity index (χ4v) is 3.26. The van der Waals surface area contributed by atoms with Crippen LogP contribution in [0.15, 0.2) is 67.0 Å². The van der Waals surface area contributed by atoms with E-state index in [9.17, 15) is 14.0 Å². The molecule has 1 unspecified atom stereocenters. The Labute approximate surface area is 191 Å². The number of nitrogens with one attached hydrogen (secondary N) is 2. The first-order chi connectivity index (χ1) is 15.2. The highest BCUT2D eigenvalue weighted by molar-refractivity contribution is 6.30. The number of nitrogens with zero attached hydrogens (tertiary/aromatic N) is 1. The van der Waals surface area contributed by atoms with Gasteiger partial charge in [0.15, 0.2) is 0 Å². The quantitative estimate of drug-likeness (QED) is 0.498. The van der Waals surface area contributed by atoms with Gasteiger partial charge in [-0.05, 0) is 61.4 Å². The molecule has 0 saturated heterocycles. The number of carbonyl (C=O) groups is 2. The molecule has 0 bridgehead atoms. The van der Waals surface area contributed by atoms with Crippen molar-refractivity contribution in [1.82, 2.24) is 10.3 Å². The standard InChI is InChI=1S/C24H24ClFN4O2/c1-24(2,17-7-8-20(26)19(25)13-17)23(32)29-14-21(27)15-3-5-16(6-4-15)22(31)30-18-9-11-28-12-10-18/h3-13,21H,14,27H2,1-2H3,(H,29,32)(H,28,30,31). The van der Waals surface area contributed by atoms with E-state index in [0.717, 1.165) is 5.56 Å². The van der Waals surface area contributed by atoms with E-state index in [0.29, 0.717) is 16.8 Å². The largest absolute Gasteiger partial charge is 0.353 e. The Morgan fingerprint density at radius 2 is 1.75 bits per heavy atom. The van der Waals surface area contributed by atoms with E-state index in [-0.39, 0.29) is 23.4 Å². The average molecular weight is 455 g/mol. The molecule has 166 valence electrons. The van der Waals surface area contributed by atoms with E-state index < -0.39 is 17.3 Å². The van der Waals surface area contributed by atoms with Crippen LogP contribution in [0.2, 0.25) is 5.02 Å². The number of anilines is 1. The molecule has 0 radical (unpaired) electrons. The Kier molecular flexibility index (Phi) is 7.22. The van der Waals surface area contributed by atoms with Crippen molar-refractivity contribution in [2.24, 2.45) is 5.73 Å². The lowest BCUT2D eigenvalue weighted by Gasteiger charge is -2.25. The van der Waals surface area contributed by atoms with Crippen LogP contribution in [0.4, 0.5) is 10.1 Å². The van der Waals surface area contributed by atoms with Crippen molar-refractivity contribution >= 4 is 29.1 Å². The predicted octanol–water partition coefficient (Wildman–Crippen LogP) is 4.22. The molecular formula is C24H24ClFN4O2. The van der Waals surface area contributed by atoms with E-state index in [2.05, 4.69) is 15.6 Å². The maximum absolute atomic E-state index is 13.4. The van der Waals surface area contributed by atoms with Crippen molar-refractivity contribution in [3.8, 4) is 0 Å². The first-order valence-corrected chi connectivity index (χ1v) is 10.4. The monoisotopic (exact) mass is 454 g/mol. The van der Waals surface area contributed by atoms with Gasteiger partial charge >= 0.3 is 0 Å². The summed E-state index contributed by atoms with van der Waals surface area (Å²) >= 11 is 5.85. The molecular weight excluding hydrogens is 431 g/mol. The van der Waals surface area contributed by atoms with E-state index >= 15 is 0 Å². The maximum atomic E-state index is 13.4. The lowest BCUT2D eigenvalue weighted by molar-refractivity contribution is -0.125. The minimum Gasteiger partial charge on any atom is -0.353 e. The van der Waals surface area contributed by atoms with Gasteiger partial charge in [0.2, 0.25) is 5.91 Å². The summed E-state index contributed by atoms with van der Waals surface area (Å²) in [4.78, 5) is 29.0. The summed E-state index contributed by atoms with van der Waals surface area (Å²) in [5.74, 6) is -1.04. The zero-order chi connectivity index (χ0) is 23.3. The van der Waals surface area contributed by atoms with Crippen molar-refractivity contribution in [1.29, 1.82) is 0 Å². The number of rotatable bonds is 7. The molecule has 0 saturated carbocycles. The van der Waals surface area contributed by atoms with Crippen LogP contribution in [0.5, 0.6) is 0 Å². The second-order valence-electron chi connectivity index (χ2n) is 7.88. The summed E-state index contributed by atoms with van der Waals surface area (Å²) in [5, 5.41) is 5.59. The molecule has 1 heterocycles. The van der Waals surface area contributed by atoms with Gasteiger partial charge in [0.1, 0.15) is 5.82 Å².